The van der Waals surface area contributed by atoms with Gasteiger partial charge in [-0.15, -0.1) is 10.2 Å². The topological polar surface area (TPSA) is 80.1 Å². The summed E-state index contributed by atoms with van der Waals surface area (Å²) in [5, 5.41) is 11.2. The molecule has 1 heterocycles. The molecule has 0 aliphatic heterocycles. The molecule has 11 heteroatoms. The van der Waals surface area contributed by atoms with Crippen molar-refractivity contribution < 1.29 is 22.8 Å². The van der Waals surface area contributed by atoms with E-state index in [2.05, 4.69) is 15.5 Å². The molecular weight excluding hydrogens is 455 g/mol. The Bertz CT molecular complexity index is 1120. The number of likely N-dealkylation sites (N-methyl/N-ethyl adjacent to an activating group) is 1. The number of hydrogen-bond acceptors (Lipinski definition) is 5. The number of thioether (sulfide) groups is 1. The number of benzene rings is 2. The summed E-state index contributed by atoms with van der Waals surface area (Å²) in [6, 6.07) is 14.2. The van der Waals surface area contributed by atoms with Crippen LogP contribution >= 0.6 is 11.8 Å². The highest BCUT2D eigenvalue weighted by atomic mass is 32.2. The number of hydrogen-bond donors (Lipinski definition) is 1. The predicted molar refractivity (Wildman–Crippen MR) is 120 cm³/mol. The minimum absolute atomic E-state index is 0.00413. The lowest BCUT2D eigenvalue weighted by Crippen LogP contribution is -2.36. The third kappa shape index (κ3) is 6.13. The zero-order chi connectivity index (χ0) is 24.0. The van der Waals surface area contributed by atoms with Crippen molar-refractivity contribution in [2.75, 3.05) is 24.7 Å². The minimum atomic E-state index is -4.60. The van der Waals surface area contributed by atoms with Gasteiger partial charge in [-0.25, -0.2) is 0 Å². The Balaban J connectivity index is 1.59. The number of carbonyl (C=O) groups excluding carboxylic acids is 2. The van der Waals surface area contributed by atoms with Crippen LogP contribution in [-0.4, -0.2) is 50.8 Å². The summed E-state index contributed by atoms with van der Waals surface area (Å²) in [6.07, 6.45) is -4.60. The molecule has 7 nitrogen and oxygen atoms in total. The first-order valence-electron chi connectivity index (χ1n) is 10.0. The van der Waals surface area contributed by atoms with Gasteiger partial charge in [0.1, 0.15) is 0 Å². The minimum Gasteiger partial charge on any atom is -0.336 e. The van der Waals surface area contributed by atoms with E-state index >= 15 is 0 Å². The Morgan fingerprint density at radius 2 is 1.73 bits per heavy atom. The van der Waals surface area contributed by atoms with E-state index in [1.54, 1.807) is 0 Å². The highest BCUT2D eigenvalue weighted by molar-refractivity contribution is 7.99. The van der Waals surface area contributed by atoms with Gasteiger partial charge in [0.25, 0.3) is 0 Å². The quantitative estimate of drug-likeness (QED) is 0.493. The second kappa shape index (κ2) is 10.5. The first-order chi connectivity index (χ1) is 15.7. The van der Waals surface area contributed by atoms with Crippen molar-refractivity contribution in [3.8, 4) is 11.4 Å². The summed E-state index contributed by atoms with van der Waals surface area (Å²) in [6.45, 7) is 2.16. The van der Waals surface area contributed by atoms with Crippen LogP contribution < -0.4 is 5.32 Å². The van der Waals surface area contributed by atoms with E-state index in [4.69, 9.17) is 0 Å². The Morgan fingerprint density at radius 3 is 2.39 bits per heavy atom. The Kier molecular flexibility index (Phi) is 7.75. The maximum Gasteiger partial charge on any atom is 0.418 e. The average Bonchev–Trinajstić information content (AvgIpc) is 3.20. The number of para-hydroxylation sites is 1. The number of carbonyl (C=O) groups is 2. The number of nitrogens with zero attached hydrogens (tertiary/aromatic N) is 4. The molecule has 1 N–H and O–H groups in total. The van der Waals surface area contributed by atoms with Crippen molar-refractivity contribution in [3.05, 3.63) is 60.2 Å². The highest BCUT2D eigenvalue weighted by Crippen LogP contribution is 2.34. The Hall–Kier alpha value is -3.34. The summed E-state index contributed by atoms with van der Waals surface area (Å²) in [5.74, 6) is -0.415. The molecule has 0 atom stereocenters. The monoisotopic (exact) mass is 477 g/mol. The van der Waals surface area contributed by atoms with E-state index < -0.39 is 17.6 Å². The fraction of sp³-hybridized carbons (Fsp3) is 0.273. The normalized spacial score (nSPS) is 11.3. The fourth-order valence-corrected chi connectivity index (χ4v) is 3.99. The molecule has 2 aromatic carbocycles. The van der Waals surface area contributed by atoms with Crippen LogP contribution in [0.25, 0.3) is 11.4 Å². The van der Waals surface area contributed by atoms with E-state index in [1.807, 2.05) is 41.8 Å². The smallest absolute Gasteiger partial charge is 0.336 e. The first kappa shape index (κ1) is 24.3. The van der Waals surface area contributed by atoms with Crippen molar-refractivity contribution in [2.24, 2.45) is 0 Å². The third-order valence-electron chi connectivity index (χ3n) is 4.70. The van der Waals surface area contributed by atoms with Gasteiger partial charge in [-0.3, -0.25) is 9.59 Å². The lowest BCUT2D eigenvalue weighted by molar-refractivity contribution is -0.137. The summed E-state index contributed by atoms with van der Waals surface area (Å²) in [4.78, 5) is 25.9. The Labute approximate surface area is 193 Å². The molecule has 0 spiro atoms. The molecular formula is C22H22F3N5O2S. The molecule has 2 amide bonds. The molecule has 0 bridgehead atoms. The maximum absolute atomic E-state index is 13.1. The van der Waals surface area contributed by atoms with E-state index in [0.29, 0.717) is 17.5 Å². The molecule has 3 aromatic rings. The Morgan fingerprint density at radius 1 is 1.06 bits per heavy atom. The van der Waals surface area contributed by atoms with E-state index in [-0.39, 0.29) is 23.9 Å². The van der Waals surface area contributed by atoms with Gasteiger partial charge >= 0.3 is 6.18 Å². The van der Waals surface area contributed by atoms with Crippen molar-refractivity contribution in [1.82, 2.24) is 19.7 Å². The third-order valence-corrected chi connectivity index (χ3v) is 5.65. The van der Waals surface area contributed by atoms with E-state index in [0.717, 1.165) is 16.5 Å². The largest absolute Gasteiger partial charge is 0.418 e. The molecule has 33 heavy (non-hydrogen) atoms. The van der Waals surface area contributed by atoms with Gasteiger partial charge in [0.15, 0.2) is 11.0 Å². The summed E-state index contributed by atoms with van der Waals surface area (Å²) in [5.41, 5.74) is -0.399. The highest BCUT2D eigenvalue weighted by Gasteiger charge is 2.33. The fourth-order valence-electron chi connectivity index (χ4n) is 3.05. The number of anilines is 1. The van der Waals surface area contributed by atoms with Crippen LogP contribution in [0.1, 0.15) is 12.5 Å². The molecule has 0 unspecified atom stereocenters. The number of halogens is 3. The van der Waals surface area contributed by atoms with Gasteiger partial charge in [-0.05, 0) is 19.1 Å². The van der Waals surface area contributed by atoms with Crippen LogP contribution in [0.3, 0.4) is 0 Å². The first-order valence-corrected chi connectivity index (χ1v) is 11.0. The average molecular weight is 478 g/mol. The molecule has 1 aromatic heterocycles. The van der Waals surface area contributed by atoms with Gasteiger partial charge in [0.2, 0.25) is 11.8 Å². The van der Waals surface area contributed by atoms with Crippen molar-refractivity contribution in [2.45, 2.75) is 24.8 Å². The summed E-state index contributed by atoms with van der Waals surface area (Å²) >= 11 is 1.18. The maximum atomic E-state index is 13.1. The van der Waals surface area contributed by atoms with Crippen LogP contribution in [0, 0.1) is 0 Å². The SMILES string of the molecule is CCn1c(SCC(=O)N(C)CC(=O)Nc2ccccc2C(F)(F)F)nnc1-c1ccccc1. The van der Waals surface area contributed by atoms with Crippen LogP contribution in [0.15, 0.2) is 59.8 Å². The molecule has 0 radical (unpaired) electrons. The molecule has 0 aliphatic carbocycles. The second-order valence-electron chi connectivity index (χ2n) is 7.05. The van der Waals surface area contributed by atoms with Crippen molar-refractivity contribution >= 4 is 29.3 Å². The lowest BCUT2D eigenvalue weighted by atomic mass is 10.1. The van der Waals surface area contributed by atoms with E-state index in [9.17, 15) is 22.8 Å². The number of rotatable bonds is 8. The number of amides is 2. The zero-order valence-electron chi connectivity index (χ0n) is 18.0. The van der Waals surface area contributed by atoms with E-state index in [1.165, 1.54) is 37.0 Å². The lowest BCUT2D eigenvalue weighted by Gasteiger charge is -2.18. The van der Waals surface area contributed by atoms with Crippen molar-refractivity contribution in [3.63, 3.8) is 0 Å². The van der Waals surface area contributed by atoms with Crippen LogP contribution in [0.4, 0.5) is 18.9 Å². The molecule has 0 saturated carbocycles. The molecule has 3 rings (SSSR count). The molecule has 0 saturated heterocycles. The van der Waals surface area contributed by atoms with Gasteiger partial charge in [-0.2, -0.15) is 13.2 Å². The van der Waals surface area contributed by atoms with Crippen LogP contribution in [-0.2, 0) is 22.3 Å². The second-order valence-corrected chi connectivity index (χ2v) is 7.99. The molecule has 0 aliphatic rings. The standard InChI is InChI=1S/C22H22F3N5O2S/c1-3-30-20(15-9-5-4-6-10-15)27-28-21(30)33-14-19(32)29(2)13-18(31)26-17-12-8-7-11-16(17)22(23,24)25/h4-12H,3,13-14H2,1-2H3,(H,26,31). The van der Waals surface area contributed by atoms with Gasteiger partial charge < -0.3 is 14.8 Å². The molecule has 0 fully saturated rings. The zero-order valence-corrected chi connectivity index (χ0v) is 18.8. The molecule has 174 valence electrons. The summed E-state index contributed by atoms with van der Waals surface area (Å²) in [7, 11) is 1.41. The number of aromatic nitrogens is 3. The van der Waals surface area contributed by atoms with Gasteiger partial charge in [0, 0.05) is 19.2 Å². The van der Waals surface area contributed by atoms with Crippen LogP contribution in [0.2, 0.25) is 0 Å². The predicted octanol–water partition coefficient (Wildman–Crippen LogP) is 4.17. The van der Waals surface area contributed by atoms with Gasteiger partial charge in [-0.1, -0.05) is 54.2 Å². The van der Waals surface area contributed by atoms with Gasteiger partial charge in [0.05, 0.1) is 23.5 Å². The van der Waals surface area contributed by atoms with Crippen LogP contribution in [0.5, 0.6) is 0 Å². The number of nitrogens with one attached hydrogen (secondary N) is 1. The number of alkyl halides is 3. The summed E-state index contributed by atoms with van der Waals surface area (Å²) < 4.78 is 41.2. The van der Waals surface area contributed by atoms with Crippen molar-refractivity contribution in [1.29, 1.82) is 0 Å².